The molecule has 0 N–H and O–H groups in total. The molecule has 2 aromatic rings. The summed E-state index contributed by atoms with van der Waals surface area (Å²) in [6.45, 7) is 0.263. The van der Waals surface area contributed by atoms with Crippen molar-refractivity contribution in [3.8, 4) is 11.6 Å². The molecule has 1 aromatic carbocycles. The Bertz CT molecular complexity index is 549. The summed E-state index contributed by atoms with van der Waals surface area (Å²) in [6.07, 6.45) is 0. The fourth-order valence-corrected chi connectivity index (χ4v) is 1.69. The molecule has 18 heavy (non-hydrogen) atoms. The maximum Gasteiger partial charge on any atom is 0.224 e. The van der Waals surface area contributed by atoms with Crippen LogP contribution in [0, 0.1) is 0 Å². The number of hydrogen-bond donors (Lipinski definition) is 0. The highest BCUT2D eigenvalue weighted by molar-refractivity contribution is 6.32. The Kier molecular flexibility index (Phi) is 4.36. The molecule has 2 rings (SSSR count). The molecule has 0 saturated heterocycles. The van der Waals surface area contributed by atoms with Crippen LogP contribution in [-0.4, -0.2) is 17.1 Å². The molecule has 0 saturated carbocycles. The molecule has 6 heteroatoms. The third-order valence-corrected chi connectivity index (χ3v) is 2.55. The number of aromatic nitrogens is 2. The van der Waals surface area contributed by atoms with Gasteiger partial charge in [0, 0.05) is 13.2 Å². The molecule has 1 aromatic heterocycles. The first-order valence-corrected chi connectivity index (χ1v) is 5.89. The van der Waals surface area contributed by atoms with Gasteiger partial charge in [0.05, 0.1) is 5.02 Å². The number of nitrogens with zero attached hydrogens (tertiary/aromatic N) is 2. The Morgan fingerprint density at radius 3 is 2.67 bits per heavy atom. The Hall–Kier alpha value is -1.36. The Morgan fingerprint density at radius 2 is 1.94 bits per heavy atom. The molecule has 0 aliphatic rings. The van der Waals surface area contributed by atoms with Gasteiger partial charge in [0.25, 0.3) is 0 Å². The van der Waals surface area contributed by atoms with Crippen LogP contribution in [0.2, 0.25) is 10.2 Å². The lowest BCUT2D eigenvalue weighted by Gasteiger charge is -2.07. The number of methoxy groups -OCH3 is 1. The standard InChI is InChI=1S/C12H10Cl2N2O2/c1-17-7-11-15-10(14)6-12(16-11)18-9-5-3-2-4-8(9)13/h2-6H,7H2,1H3. The molecular weight excluding hydrogens is 275 g/mol. The third kappa shape index (κ3) is 3.32. The smallest absolute Gasteiger partial charge is 0.224 e. The predicted molar refractivity (Wildman–Crippen MR) is 69.3 cm³/mol. The summed E-state index contributed by atoms with van der Waals surface area (Å²) in [4.78, 5) is 8.16. The van der Waals surface area contributed by atoms with Crippen LogP contribution >= 0.6 is 23.2 Å². The quantitative estimate of drug-likeness (QED) is 0.803. The van der Waals surface area contributed by atoms with E-state index in [1.807, 2.05) is 12.1 Å². The number of para-hydroxylation sites is 1. The van der Waals surface area contributed by atoms with E-state index >= 15 is 0 Å². The number of hydrogen-bond acceptors (Lipinski definition) is 4. The minimum atomic E-state index is 0.263. The Balaban J connectivity index is 2.26. The van der Waals surface area contributed by atoms with E-state index in [-0.39, 0.29) is 6.61 Å². The van der Waals surface area contributed by atoms with Crippen molar-refractivity contribution in [2.45, 2.75) is 6.61 Å². The lowest BCUT2D eigenvalue weighted by atomic mass is 10.3. The highest BCUT2D eigenvalue weighted by Gasteiger charge is 2.07. The topological polar surface area (TPSA) is 44.2 Å². The van der Waals surface area contributed by atoms with Crippen LogP contribution in [0.4, 0.5) is 0 Å². The van der Waals surface area contributed by atoms with Gasteiger partial charge in [-0.15, -0.1) is 0 Å². The van der Waals surface area contributed by atoms with Crippen LogP contribution in [0.5, 0.6) is 11.6 Å². The molecule has 0 aliphatic carbocycles. The van der Waals surface area contributed by atoms with Crippen molar-refractivity contribution < 1.29 is 9.47 Å². The first-order valence-electron chi connectivity index (χ1n) is 5.14. The predicted octanol–water partition coefficient (Wildman–Crippen LogP) is 3.72. The number of ether oxygens (including phenoxy) is 2. The van der Waals surface area contributed by atoms with Gasteiger partial charge in [0.15, 0.2) is 5.82 Å². The summed E-state index contributed by atoms with van der Waals surface area (Å²) in [5, 5.41) is 0.791. The summed E-state index contributed by atoms with van der Waals surface area (Å²) >= 11 is 11.9. The Labute approximate surface area is 114 Å². The molecule has 0 amide bonds. The molecule has 0 fully saturated rings. The second-order valence-corrected chi connectivity index (χ2v) is 4.21. The van der Waals surface area contributed by atoms with Crippen molar-refractivity contribution >= 4 is 23.2 Å². The van der Waals surface area contributed by atoms with Crippen LogP contribution in [0.3, 0.4) is 0 Å². The Morgan fingerprint density at radius 1 is 1.17 bits per heavy atom. The van der Waals surface area contributed by atoms with Gasteiger partial charge in [0.2, 0.25) is 5.88 Å². The number of benzene rings is 1. The van der Waals surface area contributed by atoms with E-state index in [0.29, 0.717) is 27.6 Å². The van der Waals surface area contributed by atoms with Gasteiger partial charge in [-0.1, -0.05) is 35.3 Å². The van der Waals surface area contributed by atoms with E-state index in [4.69, 9.17) is 32.7 Å². The van der Waals surface area contributed by atoms with Gasteiger partial charge >= 0.3 is 0 Å². The SMILES string of the molecule is COCc1nc(Cl)cc(Oc2ccccc2Cl)n1. The van der Waals surface area contributed by atoms with Crippen molar-refractivity contribution in [3.63, 3.8) is 0 Å². The van der Waals surface area contributed by atoms with Gasteiger partial charge in [-0.2, -0.15) is 4.98 Å². The average Bonchev–Trinajstić information content (AvgIpc) is 2.32. The minimum Gasteiger partial charge on any atom is -0.437 e. The molecule has 1 heterocycles. The zero-order valence-electron chi connectivity index (χ0n) is 9.56. The number of rotatable bonds is 4. The highest BCUT2D eigenvalue weighted by Crippen LogP contribution is 2.28. The van der Waals surface area contributed by atoms with Crippen LogP contribution in [0.15, 0.2) is 30.3 Å². The summed E-state index contributed by atoms with van der Waals surface area (Å²) < 4.78 is 10.5. The summed E-state index contributed by atoms with van der Waals surface area (Å²) in [7, 11) is 1.55. The average molecular weight is 285 g/mol. The van der Waals surface area contributed by atoms with Crippen molar-refractivity contribution in [3.05, 3.63) is 46.3 Å². The summed E-state index contributed by atoms with van der Waals surface area (Å²) in [6, 6.07) is 8.63. The lowest BCUT2D eigenvalue weighted by molar-refractivity contribution is 0.177. The molecule has 0 radical (unpaired) electrons. The first kappa shape index (κ1) is 13.1. The van der Waals surface area contributed by atoms with E-state index < -0.39 is 0 Å². The zero-order chi connectivity index (χ0) is 13.0. The fourth-order valence-electron chi connectivity index (χ4n) is 1.33. The molecule has 94 valence electrons. The van der Waals surface area contributed by atoms with Crippen LogP contribution in [0.1, 0.15) is 5.82 Å². The maximum absolute atomic E-state index is 5.99. The zero-order valence-corrected chi connectivity index (χ0v) is 11.1. The van der Waals surface area contributed by atoms with Crippen LogP contribution in [-0.2, 0) is 11.3 Å². The molecule has 0 bridgehead atoms. The highest BCUT2D eigenvalue weighted by atomic mass is 35.5. The first-order chi connectivity index (χ1) is 8.69. The summed E-state index contributed by atoms with van der Waals surface area (Å²) in [5.74, 6) is 1.29. The van der Waals surface area contributed by atoms with Gasteiger partial charge in [-0.05, 0) is 12.1 Å². The third-order valence-electron chi connectivity index (χ3n) is 2.04. The van der Waals surface area contributed by atoms with E-state index in [1.165, 1.54) is 6.07 Å². The molecular formula is C12H10Cl2N2O2. The van der Waals surface area contributed by atoms with Gasteiger partial charge in [-0.25, -0.2) is 4.98 Å². The lowest BCUT2D eigenvalue weighted by Crippen LogP contribution is -1.99. The monoisotopic (exact) mass is 284 g/mol. The van der Waals surface area contributed by atoms with Crippen LogP contribution in [0.25, 0.3) is 0 Å². The van der Waals surface area contributed by atoms with Crippen molar-refractivity contribution in [2.75, 3.05) is 7.11 Å². The van der Waals surface area contributed by atoms with Crippen LogP contribution < -0.4 is 4.74 Å². The molecule has 0 spiro atoms. The van der Waals surface area contributed by atoms with Crippen molar-refractivity contribution in [1.82, 2.24) is 9.97 Å². The summed E-state index contributed by atoms with van der Waals surface area (Å²) in [5.41, 5.74) is 0. The normalized spacial score (nSPS) is 10.4. The largest absolute Gasteiger partial charge is 0.437 e. The molecule has 0 unspecified atom stereocenters. The minimum absolute atomic E-state index is 0.263. The van der Waals surface area contributed by atoms with Gasteiger partial charge < -0.3 is 9.47 Å². The van der Waals surface area contributed by atoms with Gasteiger partial charge in [-0.3, -0.25) is 0 Å². The van der Waals surface area contributed by atoms with E-state index in [0.717, 1.165) is 0 Å². The van der Waals surface area contributed by atoms with E-state index in [9.17, 15) is 0 Å². The second kappa shape index (κ2) is 6.00. The van der Waals surface area contributed by atoms with Gasteiger partial charge in [0.1, 0.15) is 17.5 Å². The fraction of sp³-hybridized carbons (Fsp3) is 0.167. The van der Waals surface area contributed by atoms with E-state index in [2.05, 4.69) is 9.97 Å². The number of halogens is 2. The molecule has 4 nitrogen and oxygen atoms in total. The van der Waals surface area contributed by atoms with Crippen molar-refractivity contribution in [2.24, 2.45) is 0 Å². The molecule has 0 aliphatic heterocycles. The maximum atomic E-state index is 5.99. The van der Waals surface area contributed by atoms with Crippen molar-refractivity contribution in [1.29, 1.82) is 0 Å². The molecule has 0 atom stereocenters. The van der Waals surface area contributed by atoms with E-state index in [1.54, 1.807) is 19.2 Å². The second-order valence-electron chi connectivity index (χ2n) is 3.41.